The van der Waals surface area contributed by atoms with Crippen LogP contribution in [0.25, 0.3) is 0 Å². The van der Waals surface area contributed by atoms with E-state index in [1.165, 1.54) is 0 Å². The number of amides is 1. The van der Waals surface area contributed by atoms with Crippen molar-refractivity contribution in [1.82, 2.24) is 4.90 Å². The van der Waals surface area contributed by atoms with Crippen molar-refractivity contribution in [3.63, 3.8) is 0 Å². The van der Waals surface area contributed by atoms with Crippen molar-refractivity contribution in [3.8, 4) is 0 Å². The summed E-state index contributed by atoms with van der Waals surface area (Å²) in [6.07, 6.45) is 0.160. The number of hydrogen-bond donors (Lipinski definition) is 0. The summed E-state index contributed by atoms with van der Waals surface area (Å²) in [7, 11) is 0. The molecule has 6 nitrogen and oxygen atoms in total. The minimum absolute atomic E-state index is 0.102. The maximum atomic E-state index is 12.0. The maximum absolute atomic E-state index is 12.0. The van der Waals surface area contributed by atoms with E-state index in [0.29, 0.717) is 19.5 Å². The Labute approximate surface area is 142 Å². The molecule has 1 fully saturated rings. The number of benzene rings is 1. The Kier molecular flexibility index (Phi) is 6.20. The summed E-state index contributed by atoms with van der Waals surface area (Å²) in [5.74, 6) is -0.396. The number of esters is 1. The molecule has 1 aliphatic heterocycles. The van der Waals surface area contributed by atoms with Crippen molar-refractivity contribution in [2.24, 2.45) is 0 Å². The number of carbonyl (C=O) groups is 2. The minimum Gasteiger partial charge on any atom is -0.458 e. The van der Waals surface area contributed by atoms with Crippen LogP contribution in [0.2, 0.25) is 0 Å². The Hall–Kier alpha value is -2.08. The lowest BCUT2D eigenvalue weighted by molar-refractivity contribution is -0.162. The first-order chi connectivity index (χ1) is 11.3. The van der Waals surface area contributed by atoms with Gasteiger partial charge in [-0.3, -0.25) is 0 Å². The van der Waals surface area contributed by atoms with Crippen molar-refractivity contribution in [1.29, 1.82) is 0 Å². The van der Waals surface area contributed by atoms with Crippen LogP contribution in [-0.2, 0) is 25.6 Å². The average molecular weight is 335 g/mol. The van der Waals surface area contributed by atoms with Gasteiger partial charge < -0.3 is 19.1 Å². The van der Waals surface area contributed by atoms with E-state index in [9.17, 15) is 9.59 Å². The molecular weight excluding hydrogens is 310 g/mol. The first-order valence-corrected chi connectivity index (χ1v) is 8.12. The summed E-state index contributed by atoms with van der Waals surface area (Å²) < 4.78 is 16.0. The third-order valence-corrected chi connectivity index (χ3v) is 3.47. The predicted molar refractivity (Wildman–Crippen MR) is 88.4 cm³/mol. The zero-order valence-electron chi connectivity index (χ0n) is 14.5. The fourth-order valence-corrected chi connectivity index (χ4v) is 2.40. The molecule has 0 radical (unpaired) electrons. The van der Waals surface area contributed by atoms with Crippen molar-refractivity contribution in [2.45, 2.75) is 45.5 Å². The Balaban J connectivity index is 1.68. The summed E-state index contributed by atoms with van der Waals surface area (Å²) in [6, 6.07) is 9.53. The lowest BCUT2D eigenvalue weighted by Gasteiger charge is -2.20. The zero-order valence-corrected chi connectivity index (χ0v) is 14.5. The van der Waals surface area contributed by atoms with Crippen molar-refractivity contribution in [2.75, 3.05) is 19.7 Å². The first kappa shape index (κ1) is 18.3. The van der Waals surface area contributed by atoms with Crippen LogP contribution >= 0.6 is 0 Å². The second-order valence-electron chi connectivity index (χ2n) is 6.79. The van der Waals surface area contributed by atoms with E-state index >= 15 is 0 Å². The number of hydrogen-bond acceptors (Lipinski definition) is 5. The fraction of sp³-hybridized carbons (Fsp3) is 0.556. The first-order valence-electron chi connectivity index (χ1n) is 8.12. The molecule has 132 valence electrons. The molecule has 1 saturated heterocycles. The second-order valence-corrected chi connectivity index (χ2v) is 6.79. The van der Waals surface area contributed by atoms with E-state index < -0.39 is 11.6 Å². The third-order valence-electron chi connectivity index (χ3n) is 3.47. The number of likely N-dealkylation sites (tertiary alicyclic amines) is 1. The van der Waals surface area contributed by atoms with Gasteiger partial charge in [0.05, 0.1) is 12.6 Å². The molecule has 1 aromatic carbocycles. The van der Waals surface area contributed by atoms with Crippen LogP contribution in [-0.4, -0.2) is 48.4 Å². The van der Waals surface area contributed by atoms with Crippen LogP contribution in [0.1, 0.15) is 32.8 Å². The highest BCUT2D eigenvalue weighted by Gasteiger charge is 2.29. The Bertz CT molecular complexity index is 552. The zero-order chi connectivity index (χ0) is 17.6. The standard InChI is InChI=1S/C18H25NO5/c1-18(2,3)24-16(20)13-22-15-9-10-19(11-15)17(21)23-12-14-7-5-4-6-8-14/h4-8,15H,9-13H2,1-3H3/t15-/m0/s1. The van der Waals surface area contributed by atoms with Gasteiger partial charge >= 0.3 is 12.1 Å². The molecule has 1 aromatic rings. The van der Waals surface area contributed by atoms with Crippen LogP contribution in [0.15, 0.2) is 30.3 Å². The van der Waals surface area contributed by atoms with Gasteiger partial charge in [0.2, 0.25) is 0 Å². The smallest absolute Gasteiger partial charge is 0.410 e. The molecule has 0 unspecified atom stereocenters. The SMILES string of the molecule is CC(C)(C)OC(=O)CO[C@H]1CCN(C(=O)OCc2ccccc2)C1. The van der Waals surface area contributed by atoms with Gasteiger partial charge in [-0.15, -0.1) is 0 Å². The van der Waals surface area contributed by atoms with Crippen LogP contribution in [0.4, 0.5) is 4.79 Å². The molecule has 0 N–H and O–H groups in total. The van der Waals surface area contributed by atoms with E-state index in [-0.39, 0.29) is 25.4 Å². The van der Waals surface area contributed by atoms with Crippen molar-refractivity contribution >= 4 is 12.1 Å². The monoisotopic (exact) mass is 335 g/mol. The number of rotatable bonds is 5. The molecule has 0 aromatic heterocycles. The molecule has 0 bridgehead atoms. The lowest BCUT2D eigenvalue weighted by Crippen LogP contribution is -2.32. The number of ether oxygens (including phenoxy) is 3. The summed E-state index contributed by atoms with van der Waals surface area (Å²) in [6.45, 7) is 6.57. The van der Waals surface area contributed by atoms with Gasteiger partial charge in [-0.25, -0.2) is 9.59 Å². The molecule has 24 heavy (non-hydrogen) atoms. The van der Waals surface area contributed by atoms with E-state index in [1.807, 2.05) is 51.1 Å². The number of nitrogens with zero attached hydrogens (tertiary/aromatic N) is 1. The van der Waals surface area contributed by atoms with Gasteiger partial charge in [0.25, 0.3) is 0 Å². The lowest BCUT2D eigenvalue weighted by atomic mass is 10.2. The van der Waals surface area contributed by atoms with Gasteiger partial charge in [0.15, 0.2) is 0 Å². The fourth-order valence-electron chi connectivity index (χ4n) is 2.40. The van der Waals surface area contributed by atoms with Crippen molar-refractivity contribution < 1.29 is 23.8 Å². The summed E-state index contributed by atoms with van der Waals surface area (Å²) in [4.78, 5) is 25.3. The van der Waals surface area contributed by atoms with Gasteiger partial charge in [-0.05, 0) is 32.8 Å². The molecule has 2 rings (SSSR count). The van der Waals surface area contributed by atoms with Gasteiger partial charge in [0.1, 0.15) is 18.8 Å². The van der Waals surface area contributed by atoms with Crippen LogP contribution < -0.4 is 0 Å². The normalized spacial score (nSPS) is 17.6. The number of carbonyl (C=O) groups excluding carboxylic acids is 2. The van der Waals surface area contributed by atoms with Crippen LogP contribution in [0.5, 0.6) is 0 Å². The van der Waals surface area contributed by atoms with E-state index in [4.69, 9.17) is 14.2 Å². The Morgan fingerprint density at radius 3 is 2.58 bits per heavy atom. The molecule has 1 heterocycles. The maximum Gasteiger partial charge on any atom is 0.410 e. The van der Waals surface area contributed by atoms with Crippen LogP contribution in [0.3, 0.4) is 0 Å². The summed E-state index contributed by atoms with van der Waals surface area (Å²) >= 11 is 0. The molecule has 0 aliphatic carbocycles. The Morgan fingerprint density at radius 1 is 1.21 bits per heavy atom. The highest BCUT2D eigenvalue weighted by Crippen LogP contribution is 2.15. The van der Waals surface area contributed by atoms with E-state index in [1.54, 1.807) is 4.90 Å². The van der Waals surface area contributed by atoms with E-state index in [0.717, 1.165) is 5.56 Å². The third kappa shape index (κ3) is 6.20. The van der Waals surface area contributed by atoms with Crippen molar-refractivity contribution in [3.05, 3.63) is 35.9 Å². The molecule has 0 saturated carbocycles. The van der Waals surface area contributed by atoms with Gasteiger partial charge in [-0.2, -0.15) is 0 Å². The molecule has 6 heteroatoms. The molecule has 0 spiro atoms. The average Bonchev–Trinajstić information content (AvgIpc) is 2.99. The van der Waals surface area contributed by atoms with Gasteiger partial charge in [0, 0.05) is 6.54 Å². The van der Waals surface area contributed by atoms with E-state index in [2.05, 4.69) is 0 Å². The molecular formula is C18H25NO5. The van der Waals surface area contributed by atoms with Crippen LogP contribution in [0, 0.1) is 0 Å². The highest BCUT2D eigenvalue weighted by atomic mass is 16.6. The largest absolute Gasteiger partial charge is 0.458 e. The topological polar surface area (TPSA) is 65.1 Å². The molecule has 1 atom stereocenters. The second kappa shape index (κ2) is 8.15. The summed E-state index contributed by atoms with van der Waals surface area (Å²) in [5.41, 5.74) is 0.423. The quantitative estimate of drug-likeness (QED) is 0.774. The Morgan fingerprint density at radius 2 is 1.92 bits per heavy atom. The summed E-state index contributed by atoms with van der Waals surface area (Å²) in [5, 5.41) is 0. The molecule has 1 amide bonds. The predicted octanol–water partition coefficient (Wildman–Crippen LogP) is 2.76. The van der Waals surface area contributed by atoms with Gasteiger partial charge in [-0.1, -0.05) is 30.3 Å². The minimum atomic E-state index is -0.524. The highest BCUT2D eigenvalue weighted by molar-refractivity contribution is 5.71. The molecule has 1 aliphatic rings.